The molecule has 0 fully saturated rings. The first-order valence-electron chi connectivity index (χ1n) is 8.11. The molecule has 1 atom stereocenters. The van der Waals surface area contributed by atoms with E-state index in [1.807, 2.05) is 54.6 Å². The molecule has 0 heterocycles. The fourth-order valence-electron chi connectivity index (χ4n) is 3.24. The summed E-state index contributed by atoms with van der Waals surface area (Å²) < 4.78 is 5.52. The SMILES string of the molecule is COc1cc([N+](=O)[O-])ccc1C(C)(c1ccccc1)c1ccc(Cl)cc1. The number of nitro groups is 1. The van der Waals surface area contributed by atoms with Gasteiger partial charge in [0, 0.05) is 22.1 Å². The van der Waals surface area contributed by atoms with E-state index in [9.17, 15) is 10.1 Å². The minimum absolute atomic E-state index is 0.00267. The molecular weight excluding hydrogens is 350 g/mol. The highest BCUT2D eigenvalue weighted by molar-refractivity contribution is 6.30. The van der Waals surface area contributed by atoms with Crippen LogP contribution in [0.3, 0.4) is 0 Å². The van der Waals surface area contributed by atoms with Crippen molar-refractivity contribution in [1.82, 2.24) is 0 Å². The maximum Gasteiger partial charge on any atom is 0.273 e. The molecule has 0 aliphatic heterocycles. The number of halogens is 1. The van der Waals surface area contributed by atoms with E-state index in [4.69, 9.17) is 16.3 Å². The summed E-state index contributed by atoms with van der Waals surface area (Å²) in [5, 5.41) is 11.8. The second-order valence-corrected chi connectivity index (χ2v) is 6.58. The van der Waals surface area contributed by atoms with Gasteiger partial charge < -0.3 is 4.74 Å². The molecule has 132 valence electrons. The third kappa shape index (κ3) is 3.16. The zero-order chi connectivity index (χ0) is 18.7. The molecule has 1 unspecified atom stereocenters. The fourth-order valence-corrected chi connectivity index (χ4v) is 3.36. The first-order chi connectivity index (χ1) is 12.5. The van der Waals surface area contributed by atoms with Gasteiger partial charge in [0.1, 0.15) is 5.75 Å². The molecule has 5 heteroatoms. The predicted molar refractivity (Wildman–Crippen MR) is 103 cm³/mol. The highest BCUT2D eigenvalue weighted by atomic mass is 35.5. The lowest BCUT2D eigenvalue weighted by Crippen LogP contribution is -2.26. The van der Waals surface area contributed by atoms with Crippen LogP contribution in [0.25, 0.3) is 0 Å². The van der Waals surface area contributed by atoms with Crippen molar-refractivity contribution in [3.63, 3.8) is 0 Å². The van der Waals surface area contributed by atoms with Gasteiger partial charge in [-0.2, -0.15) is 0 Å². The van der Waals surface area contributed by atoms with E-state index in [2.05, 4.69) is 6.92 Å². The zero-order valence-corrected chi connectivity index (χ0v) is 15.2. The van der Waals surface area contributed by atoms with E-state index in [1.54, 1.807) is 6.07 Å². The maximum atomic E-state index is 11.1. The molecule has 0 N–H and O–H groups in total. The number of nitrogens with zero attached hydrogens (tertiary/aromatic N) is 1. The van der Waals surface area contributed by atoms with Gasteiger partial charge in [-0.25, -0.2) is 0 Å². The Kier molecular flexibility index (Phi) is 4.96. The molecule has 26 heavy (non-hydrogen) atoms. The van der Waals surface area contributed by atoms with Crippen LogP contribution in [-0.2, 0) is 5.41 Å². The van der Waals surface area contributed by atoms with Crippen LogP contribution in [0, 0.1) is 10.1 Å². The number of hydrogen-bond donors (Lipinski definition) is 0. The number of methoxy groups -OCH3 is 1. The van der Waals surface area contributed by atoms with E-state index in [-0.39, 0.29) is 5.69 Å². The second kappa shape index (κ2) is 7.18. The molecule has 3 aromatic carbocycles. The third-order valence-electron chi connectivity index (χ3n) is 4.71. The number of nitro benzene ring substituents is 1. The van der Waals surface area contributed by atoms with Crippen molar-refractivity contribution < 1.29 is 9.66 Å². The molecule has 0 saturated carbocycles. The Morgan fingerprint density at radius 1 is 0.962 bits per heavy atom. The lowest BCUT2D eigenvalue weighted by atomic mass is 9.70. The first-order valence-corrected chi connectivity index (χ1v) is 8.49. The van der Waals surface area contributed by atoms with Gasteiger partial charge in [-0.05, 0) is 36.2 Å². The highest BCUT2D eigenvalue weighted by Gasteiger charge is 2.34. The van der Waals surface area contributed by atoms with E-state index in [0.29, 0.717) is 10.8 Å². The van der Waals surface area contributed by atoms with Crippen LogP contribution < -0.4 is 4.74 Å². The van der Waals surface area contributed by atoms with Crippen molar-refractivity contribution in [2.75, 3.05) is 7.11 Å². The van der Waals surface area contributed by atoms with Gasteiger partial charge >= 0.3 is 0 Å². The van der Waals surface area contributed by atoms with Crippen LogP contribution in [0.1, 0.15) is 23.6 Å². The summed E-state index contributed by atoms with van der Waals surface area (Å²) in [4.78, 5) is 10.7. The van der Waals surface area contributed by atoms with E-state index in [1.165, 1.54) is 19.2 Å². The van der Waals surface area contributed by atoms with Crippen molar-refractivity contribution in [3.05, 3.63) is 105 Å². The van der Waals surface area contributed by atoms with Crippen molar-refractivity contribution in [2.24, 2.45) is 0 Å². The molecule has 0 radical (unpaired) electrons. The summed E-state index contributed by atoms with van der Waals surface area (Å²) in [5.74, 6) is 0.473. The predicted octanol–water partition coefficient (Wildman–Crippen LogP) is 5.61. The lowest BCUT2D eigenvalue weighted by molar-refractivity contribution is -0.384. The molecule has 0 bridgehead atoms. The maximum absolute atomic E-state index is 11.1. The summed E-state index contributed by atoms with van der Waals surface area (Å²) in [7, 11) is 1.52. The van der Waals surface area contributed by atoms with Crippen LogP contribution >= 0.6 is 11.6 Å². The molecule has 0 aromatic heterocycles. The lowest BCUT2D eigenvalue weighted by Gasteiger charge is -2.33. The minimum atomic E-state index is -0.563. The summed E-state index contributed by atoms with van der Waals surface area (Å²) in [6.07, 6.45) is 0. The molecule has 0 saturated heterocycles. The molecule has 0 aliphatic carbocycles. The topological polar surface area (TPSA) is 52.4 Å². The summed E-state index contributed by atoms with van der Waals surface area (Å²) in [5.41, 5.74) is 2.35. The molecule has 0 amide bonds. The van der Waals surface area contributed by atoms with Crippen molar-refractivity contribution >= 4 is 17.3 Å². The minimum Gasteiger partial charge on any atom is -0.496 e. The van der Waals surface area contributed by atoms with Gasteiger partial charge in [0.15, 0.2) is 0 Å². The average molecular weight is 368 g/mol. The molecule has 3 rings (SSSR count). The summed E-state index contributed by atoms with van der Waals surface area (Å²) >= 11 is 6.07. The third-order valence-corrected chi connectivity index (χ3v) is 4.96. The quantitative estimate of drug-likeness (QED) is 0.334. The Morgan fingerprint density at radius 3 is 2.15 bits per heavy atom. The standard InChI is InChI=1S/C21H18ClNO3/c1-21(15-6-4-3-5-7-15,16-8-10-17(22)11-9-16)19-13-12-18(23(24)25)14-20(19)26-2/h3-14H,1-2H3. The Labute approximate surface area is 157 Å². The molecule has 0 aliphatic rings. The van der Waals surface area contributed by atoms with Crippen molar-refractivity contribution in [1.29, 1.82) is 0 Å². The Balaban J connectivity index is 2.28. The largest absolute Gasteiger partial charge is 0.496 e. The second-order valence-electron chi connectivity index (χ2n) is 6.14. The van der Waals surface area contributed by atoms with Gasteiger partial charge in [0.2, 0.25) is 0 Å². The number of rotatable bonds is 5. The summed E-state index contributed by atoms with van der Waals surface area (Å²) in [6, 6.07) is 22.3. The van der Waals surface area contributed by atoms with Crippen molar-refractivity contribution in [2.45, 2.75) is 12.3 Å². The van der Waals surface area contributed by atoms with Gasteiger partial charge in [-0.1, -0.05) is 54.1 Å². The van der Waals surface area contributed by atoms with E-state index >= 15 is 0 Å². The summed E-state index contributed by atoms with van der Waals surface area (Å²) in [6.45, 7) is 2.08. The van der Waals surface area contributed by atoms with Gasteiger partial charge in [0.25, 0.3) is 5.69 Å². The Morgan fingerprint density at radius 2 is 1.58 bits per heavy atom. The van der Waals surface area contributed by atoms with E-state index in [0.717, 1.165) is 16.7 Å². The zero-order valence-electron chi connectivity index (χ0n) is 14.5. The molecular formula is C21H18ClNO3. The number of hydrogen-bond acceptors (Lipinski definition) is 3. The van der Waals surface area contributed by atoms with Gasteiger partial charge in [0.05, 0.1) is 18.1 Å². The normalized spacial score (nSPS) is 13.0. The Bertz CT molecular complexity index is 926. The van der Waals surface area contributed by atoms with Crippen molar-refractivity contribution in [3.8, 4) is 5.75 Å². The smallest absolute Gasteiger partial charge is 0.273 e. The highest BCUT2D eigenvalue weighted by Crippen LogP contribution is 2.44. The molecule has 0 spiro atoms. The van der Waals surface area contributed by atoms with Crippen LogP contribution in [0.2, 0.25) is 5.02 Å². The van der Waals surface area contributed by atoms with Gasteiger partial charge in [-0.15, -0.1) is 0 Å². The van der Waals surface area contributed by atoms with Crippen LogP contribution in [-0.4, -0.2) is 12.0 Å². The molecule has 4 nitrogen and oxygen atoms in total. The van der Waals surface area contributed by atoms with Crippen LogP contribution in [0.5, 0.6) is 5.75 Å². The molecule has 3 aromatic rings. The number of non-ortho nitro benzene ring substituents is 1. The Hall–Kier alpha value is -2.85. The van der Waals surface area contributed by atoms with Gasteiger partial charge in [-0.3, -0.25) is 10.1 Å². The number of benzene rings is 3. The average Bonchev–Trinajstić information content (AvgIpc) is 2.68. The van der Waals surface area contributed by atoms with E-state index < -0.39 is 10.3 Å². The first kappa shape index (κ1) is 18.0. The van der Waals surface area contributed by atoms with Crippen LogP contribution in [0.15, 0.2) is 72.8 Å². The fraction of sp³-hybridized carbons (Fsp3) is 0.143. The monoisotopic (exact) mass is 367 g/mol. The number of ether oxygens (including phenoxy) is 1. The van der Waals surface area contributed by atoms with Crippen LogP contribution in [0.4, 0.5) is 5.69 Å².